The van der Waals surface area contributed by atoms with Crippen LogP contribution < -0.4 is 0 Å². The van der Waals surface area contributed by atoms with Crippen molar-refractivity contribution in [2.75, 3.05) is 0 Å². The number of hydrogen-bond acceptors (Lipinski definition) is 1. The van der Waals surface area contributed by atoms with Gasteiger partial charge in [0.15, 0.2) is 0 Å². The predicted octanol–water partition coefficient (Wildman–Crippen LogP) is 1.90. The molecular weight excluding hydrogens is 222 g/mol. The van der Waals surface area contributed by atoms with E-state index in [9.17, 15) is 4.79 Å². The van der Waals surface area contributed by atoms with Crippen molar-refractivity contribution in [2.45, 2.75) is 19.4 Å². The molecule has 3 nitrogen and oxygen atoms in total. The number of carboxylic acids is 1. The quantitative estimate of drug-likeness (QED) is 0.800. The predicted molar refractivity (Wildman–Crippen MR) is 47.4 cm³/mol. The third-order valence-electron chi connectivity index (χ3n) is 2.17. The second kappa shape index (κ2) is 2.62. The summed E-state index contributed by atoms with van der Waals surface area (Å²) in [6.45, 7) is 0.946. The number of carboxylic acid groups (broad SMARTS) is 1. The summed E-state index contributed by atoms with van der Waals surface area (Å²) in [6, 6.07) is 0. The molecule has 4 heteroatoms. The number of aryl methyl sites for hydroxylation is 1. The monoisotopic (exact) mass is 229 g/mol. The van der Waals surface area contributed by atoms with Gasteiger partial charge in [-0.25, -0.2) is 4.79 Å². The summed E-state index contributed by atoms with van der Waals surface area (Å²) in [4.78, 5) is 10.8. The summed E-state index contributed by atoms with van der Waals surface area (Å²) in [5.41, 5.74) is 1.39. The van der Waals surface area contributed by atoms with E-state index in [0.29, 0.717) is 10.0 Å². The Morgan fingerprint density at radius 3 is 3.08 bits per heavy atom. The highest BCUT2D eigenvalue weighted by atomic mass is 79.9. The molecule has 0 bridgehead atoms. The molecule has 1 aromatic heterocycles. The smallest absolute Gasteiger partial charge is 0.338 e. The molecule has 0 saturated carbocycles. The molecule has 12 heavy (non-hydrogen) atoms. The minimum atomic E-state index is -0.836. The molecule has 0 aromatic carbocycles. The Kier molecular flexibility index (Phi) is 1.72. The molecule has 1 aromatic rings. The van der Waals surface area contributed by atoms with Gasteiger partial charge in [0.25, 0.3) is 0 Å². The third kappa shape index (κ3) is 0.982. The van der Waals surface area contributed by atoms with Crippen LogP contribution in [-0.4, -0.2) is 15.6 Å². The number of fused-ring (bicyclic) bond motifs is 1. The molecule has 0 fully saturated rings. The molecule has 2 rings (SSSR count). The van der Waals surface area contributed by atoms with Gasteiger partial charge >= 0.3 is 5.97 Å². The molecule has 0 atom stereocenters. The minimum absolute atomic E-state index is 0.438. The highest BCUT2D eigenvalue weighted by molar-refractivity contribution is 9.10. The standard InChI is InChI=1S/C8H8BrNO2/c9-5-4-10-3-1-2-6(10)7(5)8(11)12/h4H,1-3H2,(H,11,12). The molecule has 0 spiro atoms. The lowest BCUT2D eigenvalue weighted by molar-refractivity contribution is 0.0695. The van der Waals surface area contributed by atoms with Crippen LogP contribution in [0.1, 0.15) is 22.5 Å². The van der Waals surface area contributed by atoms with Crippen LogP contribution in [0, 0.1) is 0 Å². The topological polar surface area (TPSA) is 42.2 Å². The number of hydrogen-bond donors (Lipinski definition) is 1. The van der Waals surface area contributed by atoms with Crippen LogP contribution in [0.15, 0.2) is 10.7 Å². The highest BCUT2D eigenvalue weighted by Gasteiger charge is 2.22. The Balaban J connectivity index is 2.59. The van der Waals surface area contributed by atoms with Gasteiger partial charge in [-0.15, -0.1) is 0 Å². The van der Waals surface area contributed by atoms with Crippen molar-refractivity contribution in [1.29, 1.82) is 0 Å². The lowest BCUT2D eigenvalue weighted by Gasteiger charge is -1.95. The molecule has 0 saturated heterocycles. The number of rotatable bonds is 1. The van der Waals surface area contributed by atoms with E-state index in [2.05, 4.69) is 15.9 Å². The molecule has 0 unspecified atom stereocenters. The largest absolute Gasteiger partial charge is 0.478 e. The Morgan fingerprint density at radius 2 is 2.42 bits per heavy atom. The Morgan fingerprint density at radius 1 is 1.67 bits per heavy atom. The minimum Gasteiger partial charge on any atom is -0.478 e. The molecule has 0 aliphatic carbocycles. The summed E-state index contributed by atoms with van der Waals surface area (Å²) >= 11 is 3.24. The maximum atomic E-state index is 10.8. The maximum absolute atomic E-state index is 10.8. The molecule has 2 heterocycles. The maximum Gasteiger partial charge on any atom is 0.338 e. The van der Waals surface area contributed by atoms with Crippen molar-refractivity contribution in [3.05, 3.63) is 21.9 Å². The fourth-order valence-electron chi connectivity index (χ4n) is 1.67. The van der Waals surface area contributed by atoms with Gasteiger partial charge in [-0.3, -0.25) is 0 Å². The van der Waals surface area contributed by atoms with Crippen LogP contribution in [0.3, 0.4) is 0 Å². The first-order valence-electron chi connectivity index (χ1n) is 3.81. The first kappa shape index (κ1) is 7.86. The molecule has 1 aliphatic rings. The van der Waals surface area contributed by atoms with E-state index in [1.807, 2.05) is 10.8 Å². The van der Waals surface area contributed by atoms with Crippen LogP contribution in [0.25, 0.3) is 0 Å². The third-order valence-corrected chi connectivity index (χ3v) is 2.77. The number of aromatic carboxylic acids is 1. The van der Waals surface area contributed by atoms with Crippen molar-refractivity contribution >= 4 is 21.9 Å². The summed E-state index contributed by atoms with van der Waals surface area (Å²) in [5, 5.41) is 8.88. The van der Waals surface area contributed by atoms with E-state index >= 15 is 0 Å². The van der Waals surface area contributed by atoms with Gasteiger partial charge in [0.05, 0.1) is 10.0 Å². The van der Waals surface area contributed by atoms with Crippen LogP contribution in [-0.2, 0) is 13.0 Å². The normalized spacial score (nSPS) is 14.8. The van der Waals surface area contributed by atoms with Crippen LogP contribution in [0.2, 0.25) is 0 Å². The first-order chi connectivity index (χ1) is 5.70. The zero-order valence-electron chi connectivity index (χ0n) is 6.38. The molecule has 1 N–H and O–H groups in total. The molecule has 0 amide bonds. The SMILES string of the molecule is O=C(O)c1c(Br)cn2c1CCC2. The number of nitrogens with zero attached hydrogens (tertiary/aromatic N) is 1. The van der Waals surface area contributed by atoms with Crippen LogP contribution in [0.4, 0.5) is 0 Å². The molecule has 64 valence electrons. The van der Waals surface area contributed by atoms with Gasteiger partial charge in [0.2, 0.25) is 0 Å². The van der Waals surface area contributed by atoms with Crippen molar-refractivity contribution in [1.82, 2.24) is 4.57 Å². The van der Waals surface area contributed by atoms with Gasteiger partial charge in [0, 0.05) is 18.4 Å². The summed E-state index contributed by atoms with van der Waals surface area (Å²) < 4.78 is 2.71. The molecular formula is C8H8BrNO2. The Labute approximate surface area is 78.1 Å². The lowest BCUT2D eigenvalue weighted by Crippen LogP contribution is -2.00. The fraction of sp³-hybridized carbons (Fsp3) is 0.375. The first-order valence-corrected chi connectivity index (χ1v) is 4.60. The van der Waals surface area contributed by atoms with Crippen LogP contribution >= 0.6 is 15.9 Å². The van der Waals surface area contributed by atoms with Crippen molar-refractivity contribution in [2.24, 2.45) is 0 Å². The van der Waals surface area contributed by atoms with Gasteiger partial charge in [-0.05, 0) is 28.8 Å². The van der Waals surface area contributed by atoms with Gasteiger partial charge < -0.3 is 9.67 Å². The van der Waals surface area contributed by atoms with Crippen LogP contribution in [0.5, 0.6) is 0 Å². The number of aromatic nitrogens is 1. The zero-order chi connectivity index (χ0) is 8.72. The summed E-state index contributed by atoms with van der Waals surface area (Å²) in [5.74, 6) is -0.836. The van der Waals surface area contributed by atoms with Gasteiger partial charge in [-0.2, -0.15) is 0 Å². The van der Waals surface area contributed by atoms with Crippen molar-refractivity contribution < 1.29 is 9.90 Å². The van der Waals surface area contributed by atoms with E-state index in [0.717, 1.165) is 25.1 Å². The molecule has 0 radical (unpaired) electrons. The Bertz CT molecular complexity index is 343. The number of halogens is 1. The van der Waals surface area contributed by atoms with E-state index in [1.54, 1.807) is 0 Å². The van der Waals surface area contributed by atoms with Crippen molar-refractivity contribution in [3.63, 3.8) is 0 Å². The fourth-order valence-corrected chi connectivity index (χ4v) is 2.32. The summed E-state index contributed by atoms with van der Waals surface area (Å²) in [7, 11) is 0. The van der Waals surface area contributed by atoms with E-state index in [4.69, 9.17) is 5.11 Å². The van der Waals surface area contributed by atoms with E-state index in [1.165, 1.54) is 0 Å². The van der Waals surface area contributed by atoms with Crippen molar-refractivity contribution in [3.8, 4) is 0 Å². The summed E-state index contributed by atoms with van der Waals surface area (Å²) in [6.07, 6.45) is 3.79. The second-order valence-electron chi connectivity index (χ2n) is 2.90. The van der Waals surface area contributed by atoms with E-state index in [-0.39, 0.29) is 0 Å². The highest BCUT2D eigenvalue weighted by Crippen LogP contribution is 2.28. The average Bonchev–Trinajstić information content (AvgIpc) is 2.44. The lowest BCUT2D eigenvalue weighted by atomic mass is 10.2. The molecule has 1 aliphatic heterocycles. The van der Waals surface area contributed by atoms with Gasteiger partial charge in [-0.1, -0.05) is 0 Å². The number of carbonyl (C=O) groups is 1. The second-order valence-corrected chi connectivity index (χ2v) is 3.76. The zero-order valence-corrected chi connectivity index (χ0v) is 7.97. The van der Waals surface area contributed by atoms with Gasteiger partial charge in [0.1, 0.15) is 0 Å². The Hall–Kier alpha value is -0.770. The van der Waals surface area contributed by atoms with E-state index < -0.39 is 5.97 Å². The average molecular weight is 230 g/mol.